The number of halogens is 1. The first-order valence-electron chi connectivity index (χ1n) is 9.95. The van der Waals surface area contributed by atoms with Crippen LogP contribution in [0, 0.1) is 5.82 Å². The highest BCUT2D eigenvalue weighted by molar-refractivity contribution is 5.77. The molecule has 0 saturated heterocycles. The first kappa shape index (κ1) is 22.2. The molecule has 1 amide bonds. The Morgan fingerprint density at radius 1 is 0.839 bits per heavy atom. The minimum Gasteiger partial charge on any atom is -0.493 e. The molecule has 0 saturated carbocycles. The van der Waals surface area contributed by atoms with Gasteiger partial charge in [0.25, 0.3) is 0 Å². The summed E-state index contributed by atoms with van der Waals surface area (Å²) >= 11 is 0. The van der Waals surface area contributed by atoms with E-state index in [-0.39, 0.29) is 24.2 Å². The fourth-order valence-electron chi connectivity index (χ4n) is 3.50. The molecule has 0 radical (unpaired) electrons. The van der Waals surface area contributed by atoms with Crippen LogP contribution in [0.25, 0.3) is 0 Å². The first-order chi connectivity index (χ1) is 15.1. The third-order valence-electron chi connectivity index (χ3n) is 5.05. The van der Waals surface area contributed by atoms with E-state index in [0.29, 0.717) is 23.7 Å². The summed E-state index contributed by atoms with van der Waals surface area (Å²) in [5.41, 5.74) is 2.57. The van der Waals surface area contributed by atoms with Crippen molar-refractivity contribution in [3.63, 3.8) is 0 Å². The number of carbonyl (C=O) groups is 1. The van der Waals surface area contributed by atoms with Crippen molar-refractivity contribution < 1.29 is 23.4 Å². The van der Waals surface area contributed by atoms with Crippen LogP contribution in [-0.2, 0) is 11.2 Å². The molecular formula is C25H26FNO4. The second-order valence-corrected chi connectivity index (χ2v) is 6.96. The summed E-state index contributed by atoms with van der Waals surface area (Å²) in [5, 5.41) is 3.07. The Morgan fingerprint density at radius 3 is 2.10 bits per heavy atom. The van der Waals surface area contributed by atoms with Gasteiger partial charge in [0.1, 0.15) is 5.82 Å². The zero-order valence-corrected chi connectivity index (χ0v) is 17.9. The van der Waals surface area contributed by atoms with Gasteiger partial charge in [-0.3, -0.25) is 4.79 Å². The smallest absolute Gasteiger partial charge is 0.221 e. The summed E-state index contributed by atoms with van der Waals surface area (Å²) in [6.07, 6.45) is 0.705. The highest BCUT2D eigenvalue weighted by atomic mass is 19.1. The maximum Gasteiger partial charge on any atom is 0.221 e. The van der Waals surface area contributed by atoms with Crippen molar-refractivity contribution >= 4 is 5.91 Å². The van der Waals surface area contributed by atoms with E-state index in [9.17, 15) is 9.18 Å². The molecule has 0 bridgehead atoms. The van der Waals surface area contributed by atoms with Crippen LogP contribution < -0.4 is 19.5 Å². The average molecular weight is 423 g/mol. The van der Waals surface area contributed by atoms with Gasteiger partial charge in [-0.25, -0.2) is 4.39 Å². The van der Waals surface area contributed by atoms with E-state index in [1.54, 1.807) is 39.5 Å². The van der Waals surface area contributed by atoms with Crippen LogP contribution in [0.3, 0.4) is 0 Å². The van der Waals surface area contributed by atoms with E-state index in [2.05, 4.69) is 5.32 Å². The van der Waals surface area contributed by atoms with Gasteiger partial charge in [0.2, 0.25) is 11.7 Å². The topological polar surface area (TPSA) is 56.8 Å². The predicted molar refractivity (Wildman–Crippen MR) is 117 cm³/mol. The van der Waals surface area contributed by atoms with Crippen molar-refractivity contribution in [2.45, 2.75) is 18.9 Å². The van der Waals surface area contributed by atoms with Crippen molar-refractivity contribution in [3.05, 3.63) is 89.2 Å². The largest absolute Gasteiger partial charge is 0.493 e. The lowest BCUT2D eigenvalue weighted by Gasteiger charge is -2.20. The van der Waals surface area contributed by atoms with Crippen LogP contribution in [0.1, 0.15) is 29.2 Å². The minimum atomic E-state index is -0.374. The van der Waals surface area contributed by atoms with Crippen LogP contribution in [0.15, 0.2) is 66.7 Å². The standard InChI is InChI=1S/C25H26FNO4/c1-29-21-15-11-19(24(30-2)25(21)31-3)12-16-22(28)27-23(17-7-5-4-6-8-17)18-9-13-20(26)14-10-18/h4-11,13-15,23H,12,16H2,1-3H3,(H,27,28). The number of ether oxygens (including phenoxy) is 3. The highest BCUT2D eigenvalue weighted by Gasteiger charge is 2.19. The monoisotopic (exact) mass is 423 g/mol. The number of hydrogen-bond donors (Lipinski definition) is 1. The lowest BCUT2D eigenvalue weighted by atomic mass is 9.98. The summed E-state index contributed by atoms with van der Waals surface area (Å²) < 4.78 is 29.6. The lowest BCUT2D eigenvalue weighted by molar-refractivity contribution is -0.121. The number of aryl methyl sites for hydroxylation is 1. The maximum absolute atomic E-state index is 13.4. The van der Waals surface area contributed by atoms with Crippen molar-refractivity contribution in [1.29, 1.82) is 0 Å². The van der Waals surface area contributed by atoms with Gasteiger partial charge in [-0.15, -0.1) is 0 Å². The number of rotatable bonds is 9. The summed E-state index contributed by atoms with van der Waals surface area (Å²) in [7, 11) is 4.66. The molecule has 6 heteroatoms. The number of carbonyl (C=O) groups excluding carboxylic acids is 1. The second kappa shape index (κ2) is 10.5. The lowest BCUT2D eigenvalue weighted by Crippen LogP contribution is -2.29. The predicted octanol–water partition coefficient (Wildman–Crippen LogP) is 4.69. The van der Waals surface area contributed by atoms with E-state index in [1.807, 2.05) is 36.4 Å². The van der Waals surface area contributed by atoms with Gasteiger partial charge in [0, 0.05) is 6.42 Å². The second-order valence-electron chi connectivity index (χ2n) is 6.96. The van der Waals surface area contributed by atoms with Crippen molar-refractivity contribution in [1.82, 2.24) is 5.32 Å². The Morgan fingerprint density at radius 2 is 1.48 bits per heavy atom. The Balaban J connectivity index is 1.77. The highest BCUT2D eigenvalue weighted by Crippen LogP contribution is 2.40. The van der Waals surface area contributed by atoms with Crippen LogP contribution in [0.4, 0.5) is 4.39 Å². The van der Waals surface area contributed by atoms with Gasteiger partial charge < -0.3 is 19.5 Å². The van der Waals surface area contributed by atoms with E-state index in [0.717, 1.165) is 16.7 Å². The van der Waals surface area contributed by atoms with Crippen LogP contribution in [-0.4, -0.2) is 27.2 Å². The molecular weight excluding hydrogens is 397 g/mol. The quantitative estimate of drug-likeness (QED) is 0.543. The zero-order chi connectivity index (χ0) is 22.2. The van der Waals surface area contributed by atoms with Crippen LogP contribution >= 0.6 is 0 Å². The Kier molecular flexibility index (Phi) is 7.49. The van der Waals surface area contributed by atoms with Gasteiger partial charge >= 0.3 is 0 Å². The normalized spacial score (nSPS) is 11.5. The zero-order valence-electron chi connectivity index (χ0n) is 17.9. The molecule has 0 fully saturated rings. The van der Waals surface area contributed by atoms with Gasteiger partial charge in [0.05, 0.1) is 27.4 Å². The average Bonchev–Trinajstić information content (AvgIpc) is 2.81. The van der Waals surface area contributed by atoms with E-state index < -0.39 is 0 Å². The fraction of sp³-hybridized carbons (Fsp3) is 0.240. The number of amides is 1. The minimum absolute atomic E-state index is 0.130. The molecule has 0 aliphatic rings. The number of benzene rings is 3. The van der Waals surface area contributed by atoms with Crippen molar-refractivity contribution in [3.8, 4) is 17.2 Å². The maximum atomic E-state index is 13.4. The number of methoxy groups -OCH3 is 3. The molecule has 5 nitrogen and oxygen atoms in total. The van der Waals surface area contributed by atoms with E-state index in [1.165, 1.54) is 12.1 Å². The molecule has 1 N–H and O–H groups in total. The molecule has 1 atom stereocenters. The molecule has 0 heterocycles. The molecule has 3 aromatic rings. The summed E-state index contributed by atoms with van der Waals surface area (Å²) in [6, 6.07) is 19.0. The van der Waals surface area contributed by atoms with Gasteiger partial charge in [0.15, 0.2) is 11.5 Å². The molecule has 0 aromatic heterocycles. The van der Waals surface area contributed by atoms with Gasteiger partial charge in [-0.05, 0) is 41.3 Å². The Hall–Kier alpha value is -3.54. The molecule has 0 spiro atoms. The molecule has 3 rings (SSSR count). The van der Waals surface area contributed by atoms with E-state index >= 15 is 0 Å². The molecule has 3 aromatic carbocycles. The Labute approximate surface area is 181 Å². The van der Waals surface area contributed by atoms with Crippen LogP contribution in [0.2, 0.25) is 0 Å². The summed E-state index contributed by atoms with van der Waals surface area (Å²) in [4.78, 5) is 12.8. The third kappa shape index (κ3) is 5.34. The molecule has 162 valence electrons. The SMILES string of the molecule is COc1ccc(CCC(=O)NC(c2ccccc2)c2ccc(F)cc2)c(OC)c1OC. The Bertz CT molecular complexity index is 1010. The number of hydrogen-bond acceptors (Lipinski definition) is 4. The molecule has 1 unspecified atom stereocenters. The summed E-state index contributed by atoms with van der Waals surface area (Å²) in [6.45, 7) is 0. The third-order valence-corrected chi connectivity index (χ3v) is 5.05. The van der Waals surface area contributed by atoms with E-state index in [4.69, 9.17) is 14.2 Å². The molecule has 31 heavy (non-hydrogen) atoms. The summed E-state index contributed by atoms with van der Waals surface area (Å²) in [5.74, 6) is 1.16. The van der Waals surface area contributed by atoms with Crippen LogP contribution in [0.5, 0.6) is 17.2 Å². The molecule has 0 aliphatic heterocycles. The van der Waals surface area contributed by atoms with Gasteiger partial charge in [-0.1, -0.05) is 48.5 Å². The van der Waals surface area contributed by atoms with Gasteiger partial charge in [-0.2, -0.15) is 0 Å². The number of nitrogens with one attached hydrogen (secondary N) is 1. The first-order valence-corrected chi connectivity index (χ1v) is 9.95. The van der Waals surface area contributed by atoms with Crippen molar-refractivity contribution in [2.75, 3.05) is 21.3 Å². The van der Waals surface area contributed by atoms with Crippen molar-refractivity contribution in [2.24, 2.45) is 0 Å². The fourth-order valence-corrected chi connectivity index (χ4v) is 3.50. The molecule has 0 aliphatic carbocycles.